The van der Waals surface area contributed by atoms with Crippen LogP contribution in [0, 0.1) is 13.8 Å². The zero-order chi connectivity index (χ0) is 21.0. The van der Waals surface area contributed by atoms with Crippen molar-refractivity contribution in [1.29, 1.82) is 0 Å². The summed E-state index contributed by atoms with van der Waals surface area (Å²) in [6, 6.07) is 13.4. The quantitative estimate of drug-likeness (QED) is 0.540. The molecule has 6 nitrogen and oxygen atoms in total. The molecule has 0 radical (unpaired) electrons. The van der Waals surface area contributed by atoms with Gasteiger partial charge in [0.25, 0.3) is 5.56 Å². The van der Waals surface area contributed by atoms with Gasteiger partial charge in [-0.1, -0.05) is 17.7 Å². The van der Waals surface area contributed by atoms with Gasteiger partial charge in [0.05, 0.1) is 20.3 Å². The summed E-state index contributed by atoms with van der Waals surface area (Å²) in [4.78, 5) is 17.2. The van der Waals surface area contributed by atoms with Crippen molar-refractivity contribution in [2.75, 3.05) is 25.6 Å². The Morgan fingerprint density at radius 1 is 1.21 bits per heavy atom. The highest BCUT2D eigenvalue weighted by atomic mass is 32.1. The smallest absolute Gasteiger partial charge is 0.253 e. The number of hydrogen-bond donors (Lipinski definition) is 3. The van der Waals surface area contributed by atoms with E-state index in [1.54, 1.807) is 18.1 Å². The zero-order valence-electron chi connectivity index (χ0n) is 16.8. The average Bonchev–Trinajstić information content (AvgIpc) is 2.69. The Bertz CT molecular complexity index is 1090. The first kappa shape index (κ1) is 20.8. The van der Waals surface area contributed by atoms with E-state index in [2.05, 4.69) is 16.4 Å². The summed E-state index contributed by atoms with van der Waals surface area (Å²) in [5.41, 5.74) is 4.27. The number of hydrogen-bond acceptors (Lipinski definition) is 4. The summed E-state index contributed by atoms with van der Waals surface area (Å²) < 4.78 is 5.27. The fraction of sp³-hybridized carbons (Fsp3) is 0.273. The first-order valence-electron chi connectivity index (χ1n) is 9.35. The number of aromatic nitrogens is 1. The number of ether oxygens (including phenoxy) is 1. The number of methoxy groups -OCH3 is 1. The highest BCUT2D eigenvalue weighted by Crippen LogP contribution is 2.20. The Balaban J connectivity index is 1.86. The van der Waals surface area contributed by atoms with E-state index < -0.39 is 0 Å². The fourth-order valence-electron chi connectivity index (χ4n) is 3.20. The molecular weight excluding hydrogens is 386 g/mol. The van der Waals surface area contributed by atoms with E-state index >= 15 is 0 Å². The lowest BCUT2D eigenvalue weighted by atomic mass is 10.1. The van der Waals surface area contributed by atoms with Gasteiger partial charge in [-0.05, 0) is 62.0 Å². The minimum absolute atomic E-state index is 0.0754. The second-order valence-corrected chi connectivity index (χ2v) is 7.36. The maximum absolute atomic E-state index is 12.6. The van der Waals surface area contributed by atoms with Crippen LogP contribution >= 0.6 is 12.2 Å². The van der Waals surface area contributed by atoms with E-state index in [-0.39, 0.29) is 18.7 Å². The van der Waals surface area contributed by atoms with E-state index in [0.29, 0.717) is 17.2 Å². The van der Waals surface area contributed by atoms with Crippen LogP contribution in [0.25, 0.3) is 10.9 Å². The van der Waals surface area contributed by atoms with Crippen molar-refractivity contribution in [1.82, 2.24) is 9.88 Å². The number of anilines is 1. The van der Waals surface area contributed by atoms with Gasteiger partial charge >= 0.3 is 0 Å². The van der Waals surface area contributed by atoms with Crippen LogP contribution in [0.1, 0.15) is 16.7 Å². The van der Waals surface area contributed by atoms with E-state index in [4.69, 9.17) is 17.0 Å². The molecule has 7 heteroatoms. The minimum Gasteiger partial charge on any atom is -0.497 e. The molecule has 3 N–H and O–H groups in total. The van der Waals surface area contributed by atoms with Crippen LogP contribution in [0.3, 0.4) is 0 Å². The number of aromatic amines is 1. The van der Waals surface area contributed by atoms with Crippen LogP contribution in [-0.2, 0) is 6.54 Å². The summed E-state index contributed by atoms with van der Waals surface area (Å²) in [6.07, 6.45) is 0. The number of thiocarbonyl (C=S) groups is 1. The third kappa shape index (κ3) is 4.93. The molecule has 0 aliphatic carbocycles. The summed E-state index contributed by atoms with van der Waals surface area (Å²) in [7, 11) is 1.61. The number of H-pyrrole nitrogens is 1. The number of pyridine rings is 1. The van der Waals surface area contributed by atoms with Crippen LogP contribution in [-0.4, -0.2) is 40.4 Å². The van der Waals surface area contributed by atoms with Crippen LogP contribution in [0.4, 0.5) is 5.69 Å². The van der Waals surface area contributed by atoms with Gasteiger partial charge in [0.1, 0.15) is 5.75 Å². The first-order valence-corrected chi connectivity index (χ1v) is 9.76. The number of rotatable bonds is 6. The van der Waals surface area contributed by atoms with E-state index in [9.17, 15) is 9.90 Å². The normalized spacial score (nSPS) is 10.8. The summed E-state index contributed by atoms with van der Waals surface area (Å²) in [6.45, 7) is 4.56. The van der Waals surface area contributed by atoms with E-state index in [1.807, 2.05) is 44.2 Å². The molecule has 1 heterocycles. The summed E-state index contributed by atoms with van der Waals surface area (Å²) in [5.74, 6) is 0.717. The molecule has 0 aliphatic rings. The van der Waals surface area contributed by atoms with Gasteiger partial charge < -0.3 is 25.0 Å². The lowest BCUT2D eigenvalue weighted by Gasteiger charge is -2.25. The Hall–Kier alpha value is -2.90. The van der Waals surface area contributed by atoms with Gasteiger partial charge in [-0.15, -0.1) is 0 Å². The second-order valence-electron chi connectivity index (χ2n) is 6.97. The molecule has 29 heavy (non-hydrogen) atoms. The van der Waals surface area contributed by atoms with Gasteiger partial charge in [-0.25, -0.2) is 0 Å². The molecule has 0 spiro atoms. The number of nitrogens with one attached hydrogen (secondary N) is 2. The second kappa shape index (κ2) is 9.07. The first-order chi connectivity index (χ1) is 13.9. The molecule has 0 bridgehead atoms. The molecule has 0 amide bonds. The maximum Gasteiger partial charge on any atom is 0.253 e. The molecule has 0 saturated heterocycles. The standard InChI is InChI=1S/C22H25N3O3S/c1-14-4-6-19(15(2)10-14)24-22(29)25(8-9-26)13-17-11-16-12-18(28-3)5-7-20(16)23-21(17)27/h4-7,10-12,26H,8-9,13H2,1-3H3,(H,23,27)(H,24,29). The Kier molecular flexibility index (Phi) is 6.51. The molecule has 1 aromatic heterocycles. The van der Waals surface area contributed by atoms with Crippen LogP contribution in [0.5, 0.6) is 5.75 Å². The van der Waals surface area contributed by atoms with Gasteiger partial charge in [0.15, 0.2) is 5.11 Å². The highest BCUT2D eigenvalue weighted by Gasteiger charge is 2.14. The Labute approximate surface area is 175 Å². The van der Waals surface area contributed by atoms with Crippen LogP contribution in [0.2, 0.25) is 0 Å². The van der Waals surface area contributed by atoms with Gasteiger partial charge in [-0.2, -0.15) is 0 Å². The van der Waals surface area contributed by atoms with Crippen molar-refractivity contribution in [2.45, 2.75) is 20.4 Å². The lowest BCUT2D eigenvalue weighted by Crippen LogP contribution is -2.38. The Morgan fingerprint density at radius 2 is 2.00 bits per heavy atom. The van der Waals surface area contributed by atoms with Crippen LogP contribution < -0.4 is 15.6 Å². The molecule has 152 valence electrons. The molecule has 3 rings (SSSR count). The van der Waals surface area contributed by atoms with Crippen LogP contribution in [0.15, 0.2) is 47.3 Å². The highest BCUT2D eigenvalue weighted by molar-refractivity contribution is 7.80. The van der Waals surface area contributed by atoms with Crippen molar-refractivity contribution in [3.63, 3.8) is 0 Å². The largest absolute Gasteiger partial charge is 0.497 e. The van der Waals surface area contributed by atoms with E-state index in [1.165, 1.54) is 5.56 Å². The minimum atomic E-state index is -0.181. The lowest BCUT2D eigenvalue weighted by molar-refractivity contribution is 0.248. The molecule has 3 aromatic rings. The topological polar surface area (TPSA) is 77.6 Å². The third-order valence-electron chi connectivity index (χ3n) is 4.77. The fourth-order valence-corrected chi connectivity index (χ4v) is 3.47. The van der Waals surface area contributed by atoms with Crippen molar-refractivity contribution >= 4 is 33.9 Å². The van der Waals surface area contributed by atoms with Crippen molar-refractivity contribution in [3.05, 3.63) is 69.5 Å². The van der Waals surface area contributed by atoms with Gasteiger partial charge in [0.2, 0.25) is 0 Å². The molecule has 2 aromatic carbocycles. The maximum atomic E-state index is 12.6. The van der Waals surface area contributed by atoms with Crippen molar-refractivity contribution < 1.29 is 9.84 Å². The predicted octanol–water partition coefficient (Wildman–Crippen LogP) is 3.34. The van der Waals surface area contributed by atoms with Gasteiger partial charge in [-0.3, -0.25) is 4.79 Å². The number of aliphatic hydroxyl groups is 1. The molecule has 0 unspecified atom stereocenters. The van der Waals surface area contributed by atoms with Crippen molar-refractivity contribution in [2.24, 2.45) is 0 Å². The number of fused-ring (bicyclic) bond motifs is 1. The number of aliphatic hydroxyl groups excluding tert-OH is 1. The molecule has 0 saturated carbocycles. The van der Waals surface area contributed by atoms with Crippen molar-refractivity contribution in [3.8, 4) is 5.75 Å². The van der Waals surface area contributed by atoms with E-state index in [0.717, 1.165) is 27.9 Å². The molecule has 0 aliphatic heterocycles. The number of benzene rings is 2. The molecular formula is C22H25N3O3S. The predicted molar refractivity (Wildman–Crippen MR) is 121 cm³/mol. The Morgan fingerprint density at radius 3 is 2.69 bits per heavy atom. The monoisotopic (exact) mass is 411 g/mol. The zero-order valence-corrected chi connectivity index (χ0v) is 17.6. The number of nitrogens with zero attached hydrogens (tertiary/aromatic N) is 1. The average molecular weight is 412 g/mol. The SMILES string of the molecule is COc1ccc2[nH]c(=O)c(CN(CCO)C(=S)Nc3ccc(C)cc3C)cc2c1. The summed E-state index contributed by atoms with van der Waals surface area (Å²) in [5, 5.41) is 14.1. The third-order valence-corrected chi connectivity index (χ3v) is 5.13. The molecule has 0 fully saturated rings. The molecule has 0 atom stereocenters. The van der Waals surface area contributed by atoms with Gasteiger partial charge in [0, 0.05) is 28.7 Å². The summed E-state index contributed by atoms with van der Waals surface area (Å²) >= 11 is 5.56. The number of aryl methyl sites for hydroxylation is 2.